The minimum Gasteiger partial charge on any atom is -0.494 e. The minimum atomic E-state index is -0.990. The van der Waals surface area contributed by atoms with Crippen molar-refractivity contribution in [1.29, 1.82) is 0 Å². The molecular weight excluding hydrogens is 304 g/mol. The lowest BCUT2D eigenvalue weighted by Crippen LogP contribution is -2.32. The van der Waals surface area contributed by atoms with Crippen molar-refractivity contribution in [3.05, 3.63) is 59.4 Å². The molecule has 128 valence electrons. The summed E-state index contributed by atoms with van der Waals surface area (Å²) in [7, 11) is 0. The molecule has 1 aromatic heterocycles. The van der Waals surface area contributed by atoms with Gasteiger partial charge in [0.15, 0.2) is 0 Å². The molecule has 24 heavy (non-hydrogen) atoms. The van der Waals surface area contributed by atoms with Crippen molar-refractivity contribution < 1.29 is 14.6 Å². The first kappa shape index (κ1) is 17.9. The molecule has 0 fully saturated rings. The van der Waals surface area contributed by atoms with Crippen molar-refractivity contribution >= 4 is 5.97 Å². The SMILES string of the molecule is CCc1ccc(CCCOc2ccc(CC(N)C(=O)O)cc2)nc1. The first-order valence-electron chi connectivity index (χ1n) is 8.22. The Morgan fingerprint density at radius 2 is 1.92 bits per heavy atom. The predicted molar refractivity (Wildman–Crippen MR) is 93.2 cm³/mol. The number of aryl methyl sites for hydroxylation is 2. The number of nitrogens with two attached hydrogens (primary N) is 1. The van der Waals surface area contributed by atoms with Gasteiger partial charge >= 0.3 is 5.97 Å². The van der Waals surface area contributed by atoms with Gasteiger partial charge in [0.1, 0.15) is 11.8 Å². The number of carboxylic acids is 1. The third-order valence-electron chi connectivity index (χ3n) is 3.84. The standard InChI is InChI=1S/C19H24N2O3/c1-2-14-5-8-16(21-13-14)4-3-11-24-17-9-6-15(7-10-17)12-18(20)19(22)23/h5-10,13,18H,2-4,11-12,20H2,1H3,(H,22,23). The summed E-state index contributed by atoms with van der Waals surface area (Å²) in [5, 5.41) is 8.81. The molecule has 0 spiro atoms. The maximum atomic E-state index is 10.7. The molecular formula is C19H24N2O3. The Kier molecular flexibility index (Phi) is 6.75. The largest absolute Gasteiger partial charge is 0.494 e. The summed E-state index contributed by atoms with van der Waals surface area (Å²) in [5.74, 6) is -0.215. The van der Waals surface area contributed by atoms with Gasteiger partial charge in [-0.3, -0.25) is 9.78 Å². The highest BCUT2D eigenvalue weighted by Gasteiger charge is 2.11. The molecule has 0 aliphatic heterocycles. The molecule has 5 heteroatoms. The van der Waals surface area contributed by atoms with Gasteiger partial charge in [-0.05, 0) is 55.0 Å². The van der Waals surface area contributed by atoms with Crippen molar-refractivity contribution in [2.45, 2.75) is 38.6 Å². The van der Waals surface area contributed by atoms with Gasteiger partial charge in [0.2, 0.25) is 0 Å². The number of hydrogen-bond acceptors (Lipinski definition) is 4. The van der Waals surface area contributed by atoms with Crippen LogP contribution in [0.25, 0.3) is 0 Å². The number of carbonyl (C=O) groups is 1. The van der Waals surface area contributed by atoms with Gasteiger partial charge < -0.3 is 15.6 Å². The van der Waals surface area contributed by atoms with Gasteiger partial charge in [-0.25, -0.2) is 0 Å². The van der Waals surface area contributed by atoms with E-state index in [1.54, 1.807) is 0 Å². The van der Waals surface area contributed by atoms with Crippen molar-refractivity contribution in [2.75, 3.05) is 6.61 Å². The fraction of sp³-hybridized carbons (Fsp3) is 0.368. The first-order chi connectivity index (χ1) is 11.6. The number of hydrogen-bond donors (Lipinski definition) is 2. The average molecular weight is 328 g/mol. The van der Waals surface area contributed by atoms with Gasteiger partial charge in [0.25, 0.3) is 0 Å². The van der Waals surface area contributed by atoms with Gasteiger partial charge in [-0.2, -0.15) is 0 Å². The molecule has 3 N–H and O–H groups in total. The van der Waals surface area contributed by atoms with Crippen molar-refractivity contribution in [3.8, 4) is 5.75 Å². The van der Waals surface area contributed by atoms with Crippen LogP contribution in [0.1, 0.15) is 30.2 Å². The summed E-state index contributed by atoms with van der Waals surface area (Å²) < 4.78 is 5.70. The second-order valence-electron chi connectivity index (χ2n) is 5.76. The predicted octanol–water partition coefficient (Wildman–Crippen LogP) is 2.61. The van der Waals surface area contributed by atoms with Gasteiger partial charge in [-0.15, -0.1) is 0 Å². The van der Waals surface area contributed by atoms with Crippen LogP contribution in [0.2, 0.25) is 0 Å². The molecule has 0 aliphatic carbocycles. The third-order valence-corrected chi connectivity index (χ3v) is 3.84. The topological polar surface area (TPSA) is 85.4 Å². The van der Waals surface area contributed by atoms with Gasteiger partial charge in [0, 0.05) is 11.9 Å². The molecule has 1 unspecified atom stereocenters. The van der Waals surface area contributed by atoms with E-state index in [2.05, 4.69) is 24.0 Å². The second-order valence-corrected chi connectivity index (χ2v) is 5.76. The molecule has 0 radical (unpaired) electrons. The summed E-state index contributed by atoms with van der Waals surface area (Å²) in [5.41, 5.74) is 8.73. The molecule has 2 rings (SSSR count). The van der Waals surface area contributed by atoms with E-state index in [0.717, 1.165) is 36.3 Å². The van der Waals surface area contributed by atoms with E-state index < -0.39 is 12.0 Å². The van der Waals surface area contributed by atoms with E-state index in [-0.39, 0.29) is 0 Å². The van der Waals surface area contributed by atoms with Crippen LogP contribution in [0.3, 0.4) is 0 Å². The zero-order valence-corrected chi connectivity index (χ0v) is 13.9. The van der Waals surface area contributed by atoms with Crippen LogP contribution < -0.4 is 10.5 Å². The normalized spacial score (nSPS) is 11.9. The summed E-state index contributed by atoms with van der Waals surface area (Å²) in [4.78, 5) is 15.2. The van der Waals surface area contributed by atoms with Crippen LogP contribution in [-0.2, 0) is 24.1 Å². The smallest absolute Gasteiger partial charge is 0.320 e. The van der Waals surface area contributed by atoms with Gasteiger partial charge in [0.05, 0.1) is 6.61 Å². The Labute approximate surface area is 142 Å². The third kappa shape index (κ3) is 5.66. The fourth-order valence-corrected chi connectivity index (χ4v) is 2.32. The lowest BCUT2D eigenvalue weighted by atomic mass is 10.1. The molecule has 1 aromatic carbocycles. The molecule has 0 amide bonds. The highest BCUT2D eigenvalue weighted by molar-refractivity contribution is 5.73. The van der Waals surface area contributed by atoms with Crippen LogP contribution >= 0.6 is 0 Å². The highest BCUT2D eigenvalue weighted by Crippen LogP contribution is 2.14. The lowest BCUT2D eigenvalue weighted by Gasteiger charge is -2.09. The van der Waals surface area contributed by atoms with E-state index in [0.29, 0.717) is 13.0 Å². The maximum Gasteiger partial charge on any atom is 0.320 e. The number of ether oxygens (including phenoxy) is 1. The highest BCUT2D eigenvalue weighted by atomic mass is 16.5. The molecule has 0 aliphatic rings. The Hall–Kier alpha value is -2.40. The first-order valence-corrected chi connectivity index (χ1v) is 8.22. The Morgan fingerprint density at radius 3 is 2.50 bits per heavy atom. The molecule has 0 bridgehead atoms. The van der Waals surface area contributed by atoms with Crippen LogP contribution in [0.15, 0.2) is 42.6 Å². The van der Waals surface area contributed by atoms with Gasteiger partial charge in [-0.1, -0.05) is 25.1 Å². The Morgan fingerprint density at radius 1 is 1.21 bits per heavy atom. The molecule has 2 aromatic rings. The summed E-state index contributed by atoms with van der Waals surface area (Å²) in [6.07, 6.45) is 5.02. The lowest BCUT2D eigenvalue weighted by molar-refractivity contribution is -0.138. The zero-order chi connectivity index (χ0) is 17.4. The molecule has 5 nitrogen and oxygen atoms in total. The number of benzene rings is 1. The number of aliphatic carboxylic acids is 1. The van der Waals surface area contributed by atoms with E-state index in [9.17, 15) is 4.79 Å². The number of aromatic nitrogens is 1. The van der Waals surface area contributed by atoms with Crippen LogP contribution in [0.5, 0.6) is 5.75 Å². The molecule has 0 saturated heterocycles. The van der Waals surface area contributed by atoms with E-state index in [1.807, 2.05) is 30.5 Å². The average Bonchev–Trinajstić information content (AvgIpc) is 2.60. The summed E-state index contributed by atoms with van der Waals surface area (Å²) in [6.45, 7) is 2.73. The number of nitrogens with zero attached hydrogens (tertiary/aromatic N) is 1. The number of pyridine rings is 1. The minimum absolute atomic E-state index is 0.315. The van der Waals surface area contributed by atoms with E-state index in [4.69, 9.17) is 15.6 Å². The van der Waals surface area contributed by atoms with E-state index >= 15 is 0 Å². The maximum absolute atomic E-state index is 10.7. The zero-order valence-electron chi connectivity index (χ0n) is 13.9. The monoisotopic (exact) mass is 328 g/mol. The van der Waals surface area contributed by atoms with Crippen LogP contribution in [0, 0.1) is 0 Å². The molecule has 0 saturated carbocycles. The quantitative estimate of drug-likeness (QED) is 0.691. The summed E-state index contributed by atoms with van der Waals surface area (Å²) in [6, 6.07) is 10.7. The Bertz CT molecular complexity index is 639. The van der Waals surface area contributed by atoms with Crippen LogP contribution in [-0.4, -0.2) is 28.7 Å². The summed E-state index contributed by atoms with van der Waals surface area (Å²) >= 11 is 0. The molecule has 1 heterocycles. The second kappa shape index (κ2) is 9.03. The van der Waals surface area contributed by atoms with Crippen molar-refractivity contribution in [1.82, 2.24) is 4.98 Å². The fourth-order valence-electron chi connectivity index (χ4n) is 2.32. The van der Waals surface area contributed by atoms with E-state index in [1.165, 1.54) is 5.56 Å². The van der Waals surface area contributed by atoms with Crippen molar-refractivity contribution in [3.63, 3.8) is 0 Å². The number of rotatable bonds is 9. The Balaban J connectivity index is 1.73. The van der Waals surface area contributed by atoms with Crippen molar-refractivity contribution in [2.24, 2.45) is 5.73 Å². The molecule has 1 atom stereocenters. The number of carboxylic acid groups (broad SMARTS) is 1. The van der Waals surface area contributed by atoms with Crippen LogP contribution in [0.4, 0.5) is 0 Å².